The first-order valence-electron chi connectivity index (χ1n) is 7.20. The molecule has 0 amide bonds. The number of hydrogen-bond acceptors (Lipinski definition) is 3. The van der Waals surface area contributed by atoms with Gasteiger partial charge in [0.2, 0.25) is 0 Å². The number of benzene rings is 2. The van der Waals surface area contributed by atoms with Gasteiger partial charge >= 0.3 is 0 Å². The molecule has 0 aromatic heterocycles. The highest BCUT2D eigenvalue weighted by Crippen LogP contribution is 2.26. The molecule has 0 bridgehead atoms. The van der Waals surface area contributed by atoms with Crippen LogP contribution in [-0.4, -0.2) is 17.8 Å². The molecule has 1 atom stereocenters. The first-order valence-corrected chi connectivity index (χ1v) is 7.96. The Morgan fingerprint density at radius 2 is 2.04 bits per heavy atom. The Kier molecular flexibility index (Phi) is 6.66. The van der Waals surface area contributed by atoms with Crippen molar-refractivity contribution in [3.05, 3.63) is 63.4 Å². The normalized spacial score (nSPS) is 12.2. The number of ether oxygens (including phenoxy) is 1. The van der Waals surface area contributed by atoms with Crippen LogP contribution >= 0.6 is 23.2 Å². The highest BCUT2D eigenvalue weighted by atomic mass is 35.5. The number of hydrogen-bond donors (Lipinski definition) is 2. The van der Waals surface area contributed by atoms with Crippen molar-refractivity contribution >= 4 is 23.2 Å². The highest BCUT2D eigenvalue weighted by Gasteiger charge is 2.10. The SMILES string of the molecule is CC(O)CNCc1cc(Cl)ccc1OCc1c(F)cccc1Cl. The Labute approximate surface area is 145 Å². The van der Waals surface area contributed by atoms with Crippen molar-refractivity contribution in [2.45, 2.75) is 26.2 Å². The largest absolute Gasteiger partial charge is 0.488 e. The van der Waals surface area contributed by atoms with Gasteiger partial charge in [0.1, 0.15) is 18.2 Å². The third kappa shape index (κ3) is 5.36. The van der Waals surface area contributed by atoms with E-state index in [1.807, 2.05) is 0 Å². The lowest BCUT2D eigenvalue weighted by Crippen LogP contribution is -2.24. The molecule has 2 aromatic carbocycles. The summed E-state index contributed by atoms with van der Waals surface area (Å²) in [6, 6.07) is 9.73. The van der Waals surface area contributed by atoms with Crippen LogP contribution in [0, 0.1) is 5.82 Å². The van der Waals surface area contributed by atoms with Gasteiger partial charge in [0.05, 0.1) is 11.1 Å². The molecule has 1 unspecified atom stereocenters. The van der Waals surface area contributed by atoms with Crippen molar-refractivity contribution in [2.24, 2.45) is 0 Å². The van der Waals surface area contributed by atoms with E-state index in [-0.39, 0.29) is 6.61 Å². The predicted molar refractivity (Wildman–Crippen MR) is 90.6 cm³/mol. The van der Waals surface area contributed by atoms with Gasteiger partial charge in [-0.1, -0.05) is 29.3 Å². The summed E-state index contributed by atoms with van der Waals surface area (Å²) >= 11 is 12.0. The molecule has 2 aromatic rings. The Hall–Kier alpha value is -1.33. The van der Waals surface area contributed by atoms with Gasteiger partial charge in [-0.25, -0.2) is 4.39 Å². The summed E-state index contributed by atoms with van der Waals surface area (Å²) in [5.74, 6) is 0.187. The maximum absolute atomic E-state index is 13.8. The van der Waals surface area contributed by atoms with Crippen LogP contribution in [0.15, 0.2) is 36.4 Å². The lowest BCUT2D eigenvalue weighted by Gasteiger charge is -2.14. The molecule has 0 radical (unpaired) electrons. The maximum atomic E-state index is 13.8. The van der Waals surface area contributed by atoms with Crippen LogP contribution in [-0.2, 0) is 13.2 Å². The molecular weight excluding hydrogens is 340 g/mol. The van der Waals surface area contributed by atoms with E-state index < -0.39 is 11.9 Å². The van der Waals surface area contributed by atoms with E-state index in [4.69, 9.17) is 27.9 Å². The first kappa shape index (κ1) is 18.0. The third-order valence-corrected chi connectivity index (χ3v) is 3.80. The van der Waals surface area contributed by atoms with Crippen LogP contribution in [0.5, 0.6) is 5.75 Å². The smallest absolute Gasteiger partial charge is 0.131 e. The molecule has 23 heavy (non-hydrogen) atoms. The molecular formula is C17H18Cl2FNO2. The topological polar surface area (TPSA) is 41.5 Å². The Bertz CT molecular complexity index is 645. The molecule has 2 rings (SSSR count). The van der Waals surface area contributed by atoms with Gasteiger partial charge in [-0.15, -0.1) is 0 Å². The minimum absolute atomic E-state index is 0.0243. The zero-order chi connectivity index (χ0) is 16.8. The Morgan fingerprint density at radius 1 is 1.26 bits per heavy atom. The lowest BCUT2D eigenvalue weighted by atomic mass is 10.2. The van der Waals surface area contributed by atoms with Gasteiger partial charge in [-0.3, -0.25) is 0 Å². The van der Waals surface area contributed by atoms with Gasteiger partial charge < -0.3 is 15.2 Å². The summed E-state index contributed by atoms with van der Waals surface area (Å²) in [6.07, 6.45) is -0.448. The fraction of sp³-hybridized carbons (Fsp3) is 0.294. The highest BCUT2D eigenvalue weighted by molar-refractivity contribution is 6.31. The molecule has 0 fully saturated rings. The monoisotopic (exact) mass is 357 g/mol. The first-order chi connectivity index (χ1) is 11.0. The maximum Gasteiger partial charge on any atom is 0.131 e. The predicted octanol–water partition coefficient (Wildman–Crippen LogP) is 4.18. The molecule has 0 aliphatic rings. The van der Waals surface area contributed by atoms with Gasteiger partial charge in [0, 0.05) is 29.2 Å². The molecule has 2 N–H and O–H groups in total. The zero-order valence-corrected chi connectivity index (χ0v) is 14.2. The van der Waals surface area contributed by atoms with E-state index in [0.717, 1.165) is 5.56 Å². The second kappa shape index (κ2) is 8.50. The fourth-order valence-corrected chi connectivity index (χ4v) is 2.48. The second-order valence-electron chi connectivity index (χ2n) is 5.22. The fourth-order valence-electron chi connectivity index (χ4n) is 2.06. The van der Waals surface area contributed by atoms with E-state index in [9.17, 15) is 9.50 Å². The van der Waals surface area contributed by atoms with Crippen molar-refractivity contribution in [1.29, 1.82) is 0 Å². The van der Waals surface area contributed by atoms with Crippen molar-refractivity contribution in [3.63, 3.8) is 0 Å². The van der Waals surface area contributed by atoms with Crippen molar-refractivity contribution in [2.75, 3.05) is 6.54 Å². The van der Waals surface area contributed by atoms with Gasteiger partial charge in [0.15, 0.2) is 0 Å². The van der Waals surface area contributed by atoms with Crippen LogP contribution < -0.4 is 10.1 Å². The van der Waals surface area contributed by atoms with Crippen LogP contribution in [0.1, 0.15) is 18.1 Å². The molecule has 0 aliphatic heterocycles. The summed E-state index contributed by atoms with van der Waals surface area (Å²) in [6.45, 7) is 2.65. The second-order valence-corrected chi connectivity index (χ2v) is 6.06. The molecule has 6 heteroatoms. The average molecular weight is 358 g/mol. The molecule has 0 aliphatic carbocycles. The van der Waals surface area contributed by atoms with Crippen molar-refractivity contribution in [1.82, 2.24) is 5.32 Å². The zero-order valence-electron chi connectivity index (χ0n) is 12.7. The van der Waals surface area contributed by atoms with Gasteiger partial charge in [-0.2, -0.15) is 0 Å². The van der Waals surface area contributed by atoms with E-state index >= 15 is 0 Å². The average Bonchev–Trinajstić information content (AvgIpc) is 2.48. The Morgan fingerprint density at radius 3 is 2.74 bits per heavy atom. The third-order valence-electron chi connectivity index (χ3n) is 3.21. The van der Waals surface area contributed by atoms with E-state index in [0.29, 0.717) is 34.4 Å². The molecule has 0 heterocycles. The van der Waals surface area contributed by atoms with Crippen LogP contribution in [0.25, 0.3) is 0 Å². The van der Waals surface area contributed by atoms with Gasteiger partial charge in [0.25, 0.3) is 0 Å². The standard InChI is InChI=1S/C17H18Cl2FNO2/c1-11(22)8-21-9-12-7-13(18)5-6-17(12)23-10-14-15(19)3-2-4-16(14)20/h2-7,11,21-22H,8-10H2,1H3. The summed E-state index contributed by atoms with van der Waals surface area (Å²) < 4.78 is 19.5. The molecule has 0 spiro atoms. The van der Waals surface area contributed by atoms with Crippen molar-refractivity contribution in [3.8, 4) is 5.75 Å². The summed E-state index contributed by atoms with van der Waals surface area (Å²) in [4.78, 5) is 0. The van der Waals surface area contributed by atoms with Crippen LogP contribution in [0.2, 0.25) is 10.0 Å². The Balaban J connectivity index is 2.10. The molecule has 0 saturated carbocycles. The lowest BCUT2D eigenvalue weighted by molar-refractivity contribution is 0.190. The number of nitrogens with one attached hydrogen (secondary N) is 1. The van der Waals surface area contributed by atoms with E-state index in [1.54, 1.807) is 37.3 Å². The number of rotatable bonds is 7. The summed E-state index contributed by atoms with van der Waals surface area (Å²) in [7, 11) is 0. The summed E-state index contributed by atoms with van der Waals surface area (Å²) in [5, 5.41) is 13.3. The van der Waals surface area contributed by atoms with Crippen LogP contribution in [0.4, 0.5) is 4.39 Å². The van der Waals surface area contributed by atoms with Crippen LogP contribution in [0.3, 0.4) is 0 Å². The summed E-state index contributed by atoms with van der Waals surface area (Å²) in [5.41, 5.74) is 1.14. The molecule has 124 valence electrons. The van der Waals surface area contributed by atoms with E-state index in [1.165, 1.54) is 6.07 Å². The number of aliphatic hydroxyl groups is 1. The molecule has 0 saturated heterocycles. The minimum Gasteiger partial charge on any atom is -0.488 e. The van der Waals surface area contributed by atoms with E-state index in [2.05, 4.69) is 5.32 Å². The van der Waals surface area contributed by atoms with Crippen molar-refractivity contribution < 1.29 is 14.2 Å². The quantitative estimate of drug-likeness (QED) is 0.780. The number of halogens is 3. The molecule has 3 nitrogen and oxygen atoms in total. The van der Waals surface area contributed by atoms with Gasteiger partial charge in [-0.05, 0) is 37.3 Å². The minimum atomic E-state index is -0.448. The number of aliphatic hydroxyl groups excluding tert-OH is 1.